The van der Waals surface area contributed by atoms with Crippen LogP contribution in [0, 0.1) is 18.3 Å². The van der Waals surface area contributed by atoms with Crippen molar-refractivity contribution in [1.82, 2.24) is 0 Å². The first-order valence-corrected chi connectivity index (χ1v) is 11.0. The number of Topliss-reactive ketones (excluding diaryl/α,β-unsaturated/α-hetero) is 1. The lowest BCUT2D eigenvalue weighted by Gasteiger charge is -2.25. The number of hydrogen-bond acceptors (Lipinski definition) is 5. The van der Waals surface area contributed by atoms with Crippen molar-refractivity contribution in [2.75, 3.05) is 11.5 Å². The highest BCUT2D eigenvalue weighted by Crippen LogP contribution is 2.43. The zero-order valence-electron chi connectivity index (χ0n) is 18.6. The minimum Gasteiger partial charge on any atom is -0.507 e. The van der Waals surface area contributed by atoms with E-state index < -0.39 is 17.7 Å². The number of aliphatic hydroxyl groups excluding tert-OH is 1. The Morgan fingerprint density at radius 2 is 1.85 bits per heavy atom. The van der Waals surface area contributed by atoms with Crippen LogP contribution in [-0.2, 0) is 9.59 Å². The molecule has 1 unspecified atom stereocenters. The molecule has 6 nitrogen and oxygen atoms in total. The molecule has 1 fully saturated rings. The van der Waals surface area contributed by atoms with E-state index in [1.165, 1.54) is 4.90 Å². The number of nitrogens with zero attached hydrogens (tertiary/aromatic N) is 2. The molecule has 0 aromatic heterocycles. The van der Waals surface area contributed by atoms with E-state index in [4.69, 9.17) is 21.6 Å². The Bertz CT molecular complexity index is 1360. The van der Waals surface area contributed by atoms with Gasteiger partial charge in [-0.05, 0) is 61.9 Å². The molecule has 3 aromatic rings. The fraction of sp³-hybridized carbons (Fsp3) is 0.148. The maximum atomic E-state index is 13.3. The molecule has 1 N–H and O–H groups in total. The molecule has 0 bridgehead atoms. The first-order chi connectivity index (χ1) is 16.3. The number of carbonyl (C=O) groups excluding carboxylic acids is 2. The maximum absolute atomic E-state index is 13.3. The van der Waals surface area contributed by atoms with Gasteiger partial charge in [0.05, 0.1) is 34.9 Å². The van der Waals surface area contributed by atoms with Gasteiger partial charge >= 0.3 is 0 Å². The van der Waals surface area contributed by atoms with Gasteiger partial charge in [0.1, 0.15) is 11.5 Å². The summed E-state index contributed by atoms with van der Waals surface area (Å²) in [6.07, 6.45) is 0. The van der Waals surface area contributed by atoms with E-state index in [0.29, 0.717) is 39.8 Å². The number of ether oxygens (including phenoxy) is 1. The van der Waals surface area contributed by atoms with Crippen molar-refractivity contribution in [3.05, 3.63) is 99.6 Å². The maximum Gasteiger partial charge on any atom is 0.300 e. The van der Waals surface area contributed by atoms with Crippen molar-refractivity contribution >= 4 is 34.7 Å². The van der Waals surface area contributed by atoms with Gasteiger partial charge in [-0.3, -0.25) is 14.5 Å². The molecule has 0 radical (unpaired) electrons. The quantitative estimate of drug-likeness (QED) is 0.299. The molecule has 4 rings (SSSR count). The molecule has 0 saturated carbocycles. The number of anilines is 1. The van der Waals surface area contributed by atoms with E-state index in [0.717, 1.165) is 5.56 Å². The zero-order chi connectivity index (χ0) is 24.4. The van der Waals surface area contributed by atoms with Crippen molar-refractivity contribution in [3.63, 3.8) is 0 Å². The Hall–Kier alpha value is -4.08. The van der Waals surface area contributed by atoms with Gasteiger partial charge in [-0.15, -0.1) is 0 Å². The van der Waals surface area contributed by atoms with Crippen LogP contribution < -0.4 is 9.64 Å². The Balaban J connectivity index is 1.93. The lowest BCUT2D eigenvalue weighted by molar-refractivity contribution is -0.132. The second kappa shape index (κ2) is 9.42. The Morgan fingerprint density at radius 3 is 2.50 bits per heavy atom. The number of rotatable bonds is 5. The third-order valence-electron chi connectivity index (χ3n) is 5.58. The third kappa shape index (κ3) is 4.14. The molecule has 1 heterocycles. The van der Waals surface area contributed by atoms with Crippen LogP contribution in [0.2, 0.25) is 5.02 Å². The van der Waals surface area contributed by atoms with E-state index in [-0.39, 0.29) is 11.3 Å². The molecule has 34 heavy (non-hydrogen) atoms. The van der Waals surface area contributed by atoms with Crippen molar-refractivity contribution < 1.29 is 19.4 Å². The minimum absolute atomic E-state index is 0.0373. The van der Waals surface area contributed by atoms with Crippen molar-refractivity contribution in [2.24, 2.45) is 0 Å². The molecule has 1 aliphatic rings. The van der Waals surface area contributed by atoms with Gasteiger partial charge in [0, 0.05) is 11.3 Å². The molecule has 7 heteroatoms. The number of nitriles is 1. The largest absolute Gasteiger partial charge is 0.507 e. The lowest BCUT2D eigenvalue weighted by Crippen LogP contribution is -2.29. The number of amides is 1. The van der Waals surface area contributed by atoms with Gasteiger partial charge in [-0.2, -0.15) is 5.26 Å². The standard InChI is InChI=1S/C27H21ClN2O4/c1-3-34-22-14-19(9-12-21(22)28)25(31)23-24(18-6-4-5-16(2)13-18)30(27(33)26(23)32)20-10-7-17(15-29)8-11-20/h4-14,24,31H,3H2,1-2H3/b25-23-. The highest BCUT2D eigenvalue weighted by molar-refractivity contribution is 6.51. The van der Waals surface area contributed by atoms with Crippen LogP contribution in [0.5, 0.6) is 5.75 Å². The normalized spacial score (nSPS) is 17.0. The fourth-order valence-corrected chi connectivity index (χ4v) is 4.20. The van der Waals surface area contributed by atoms with Gasteiger partial charge in [-0.25, -0.2) is 0 Å². The second-order valence-corrected chi connectivity index (χ2v) is 8.23. The SMILES string of the molecule is CCOc1cc(/C(O)=C2/C(=O)C(=O)N(c3ccc(C#N)cc3)C2c2cccc(C)c2)ccc1Cl. The number of halogens is 1. The molecule has 1 atom stereocenters. The fourth-order valence-electron chi connectivity index (χ4n) is 4.02. The summed E-state index contributed by atoms with van der Waals surface area (Å²) >= 11 is 6.19. The number of ketones is 1. The number of aliphatic hydroxyl groups is 1. The Morgan fingerprint density at radius 1 is 1.12 bits per heavy atom. The second-order valence-electron chi connectivity index (χ2n) is 7.82. The topological polar surface area (TPSA) is 90.6 Å². The predicted molar refractivity (Wildman–Crippen MR) is 130 cm³/mol. The van der Waals surface area contributed by atoms with Crippen LogP contribution in [0.4, 0.5) is 5.69 Å². The average Bonchev–Trinajstić information content (AvgIpc) is 3.10. The number of benzene rings is 3. The molecular weight excluding hydrogens is 452 g/mol. The van der Waals surface area contributed by atoms with Crippen LogP contribution in [0.1, 0.15) is 35.2 Å². The van der Waals surface area contributed by atoms with E-state index in [1.807, 2.05) is 38.1 Å². The summed E-state index contributed by atoms with van der Waals surface area (Å²) in [5.41, 5.74) is 2.75. The van der Waals surface area contributed by atoms with E-state index in [1.54, 1.807) is 48.5 Å². The van der Waals surface area contributed by atoms with Gasteiger partial charge < -0.3 is 9.84 Å². The predicted octanol–water partition coefficient (Wildman–Crippen LogP) is 5.55. The summed E-state index contributed by atoms with van der Waals surface area (Å²) in [4.78, 5) is 27.8. The number of hydrogen-bond donors (Lipinski definition) is 1. The molecule has 0 aliphatic carbocycles. The minimum atomic E-state index is -0.862. The monoisotopic (exact) mass is 472 g/mol. The Kier molecular flexibility index (Phi) is 6.40. The van der Waals surface area contributed by atoms with E-state index in [2.05, 4.69) is 0 Å². The molecule has 3 aromatic carbocycles. The van der Waals surface area contributed by atoms with Crippen molar-refractivity contribution in [3.8, 4) is 11.8 Å². The summed E-state index contributed by atoms with van der Waals surface area (Å²) in [6.45, 7) is 4.09. The van der Waals surface area contributed by atoms with Gasteiger partial charge in [-0.1, -0.05) is 41.4 Å². The van der Waals surface area contributed by atoms with Crippen LogP contribution in [-0.4, -0.2) is 23.4 Å². The van der Waals surface area contributed by atoms with Crippen molar-refractivity contribution in [1.29, 1.82) is 5.26 Å². The first kappa shape index (κ1) is 23.1. The highest BCUT2D eigenvalue weighted by atomic mass is 35.5. The first-order valence-electron chi connectivity index (χ1n) is 10.7. The molecule has 1 aliphatic heterocycles. The van der Waals surface area contributed by atoms with Crippen LogP contribution in [0.15, 0.2) is 72.3 Å². The Labute approximate surface area is 202 Å². The summed E-state index contributed by atoms with van der Waals surface area (Å²) in [5, 5.41) is 20.8. The van der Waals surface area contributed by atoms with E-state index >= 15 is 0 Å². The number of aryl methyl sites for hydroxylation is 1. The van der Waals surface area contributed by atoms with Gasteiger partial charge in [0.2, 0.25) is 0 Å². The van der Waals surface area contributed by atoms with Crippen LogP contribution in [0.3, 0.4) is 0 Å². The smallest absolute Gasteiger partial charge is 0.300 e. The summed E-state index contributed by atoms with van der Waals surface area (Å²) in [7, 11) is 0. The zero-order valence-corrected chi connectivity index (χ0v) is 19.3. The lowest BCUT2D eigenvalue weighted by atomic mass is 9.94. The molecule has 0 spiro atoms. The summed E-state index contributed by atoms with van der Waals surface area (Å²) < 4.78 is 5.52. The van der Waals surface area contributed by atoms with Crippen LogP contribution in [0.25, 0.3) is 5.76 Å². The van der Waals surface area contributed by atoms with Crippen molar-refractivity contribution in [2.45, 2.75) is 19.9 Å². The molecular formula is C27H21ClN2O4. The highest BCUT2D eigenvalue weighted by Gasteiger charge is 2.47. The average molecular weight is 473 g/mol. The van der Waals surface area contributed by atoms with Gasteiger partial charge in [0.15, 0.2) is 0 Å². The van der Waals surface area contributed by atoms with E-state index in [9.17, 15) is 14.7 Å². The van der Waals surface area contributed by atoms with Gasteiger partial charge in [0.25, 0.3) is 11.7 Å². The third-order valence-corrected chi connectivity index (χ3v) is 5.89. The molecule has 1 saturated heterocycles. The molecule has 1 amide bonds. The van der Waals surface area contributed by atoms with Crippen LogP contribution >= 0.6 is 11.6 Å². The summed E-state index contributed by atoms with van der Waals surface area (Å²) in [5.74, 6) is -1.53. The summed E-state index contributed by atoms with van der Waals surface area (Å²) in [6, 6.07) is 19.7. The number of carbonyl (C=O) groups is 2. The molecule has 170 valence electrons.